The Morgan fingerprint density at radius 2 is 1.00 bits per heavy atom. The van der Waals surface area contributed by atoms with Crippen LogP contribution in [-0.4, -0.2) is 0 Å². The number of anilines is 2. The number of nitrogen functional groups attached to an aromatic ring is 2. The van der Waals surface area contributed by atoms with Crippen molar-refractivity contribution in [2.45, 2.75) is 13.8 Å². The van der Waals surface area contributed by atoms with Crippen molar-refractivity contribution >= 4 is 43.2 Å². The lowest BCUT2D eigenvalue weighted by molar-refractivity contribution is 1.45. The van der Waals surface area contributed by atoms with Crippen LogP contribution >= 0.6 is 31.9 Å². The Morgan fingerprint density at radius 3 is 1.22 bits per heavy atom. The van der Waals surface area contributed by atoms with Gasteiger partial charge in [-0.3, -0.25) is 0 Å². The molecule has 0 aliphatic carbocycles. The first kappa shape index (κ1) is 15.1. The van der Waals surface area contributed by atoms with E-state index in [9.17, 15) is 0 Å². The summed E-state index contributed by atoms with van der Waals surface area (Å²) in [5.41, 5.74) is 15.0. The van der Waals surface area contributed by atoms with Gasteiger partial charge in [0.1, 0.15) is 0 Å². The Morgan fingerprint density at radius 1 is 0.667 bits per heavy atom. The molecule has 4 heteroatoms. The van der Waals surface area contributed by atoms with Gasteiger partial charge in [0.2, 0.25) is 0 Å². The van der Waals surface area contributed by atoms with Crippen LogP contribution in [-0.2, 0) is 0 Å². The van der Waals surface area contributed by atoms with Crippen molar-refractivity contribution in [3.63, 3.8) is 0 Å². The molecule has 0 aromatic heterocycles. The fraction of sp³-hybridized carbons (Fsp3) is 0.143. The monoisotopic (exact) mass is 370 g/mol. The van der Waals surface area contributed by atoms with Crippen molar-refractivity contribution in [1.29, 1.82) is 0 Å². The topological polar surface area (TPSA) is 52.0 Å². The van der Waals surface area contributed by atoms with Gasteiger partial charge in [0.15, 0.2) is 0 Å². The van der Waals surface area contributed by atoms with E-state index in [1.807, 2.05) is 50.2 Å². The highest BCUT2D eigenvalue weighted by Crippen LogP contribution is 2.16. The van der Waals surface area contributed by atoms with E-state index < -0.39 is 0 Å². The number of hydrogen-bond donors (Lipinski definition) is 2. The zero-order chi connectivity index (χ0) is 13.7. The van der Waals surface area contributed by atoms with Gasteiger partial charge in [-0.25, -0.2) is 0 Å². The number of aryl methyl sites for hydroxylation is 2. The Hall–Kier alpha value is -1.00. The van der Waals surface area contributed by atoms with Gasteiger partial charge in [0.25, 0.3) is 0 Å². The van der Waals surface area contributed by atoms with Crippen LogP contribution < -0.4 is 11.5 Å². The second kappa shape index (κ2) is 6.81. The zero-order valence-corrected chi connectivity index (χ0v) is 13.5. The fourth-order valence-electron chi connectivity index (χ4n) is 1.53. The van der Waals surface area contributed by atoms with Crippen LogP contribution in [0.5, 0.6) is 0 Å². The van der Waals surface area contributed by atoms with Gasteiger partial charge in [-0.15, -0.1) is 0 Å². The summed E-state index contributed by atoms with van der Waals surface area (Å²) in [4.78, 5) is 0. The lowest BCUT2D eigenvalue weighted by Crippen LogP contribution is -1.84. The van der Waals surface area contributed by atoms with E-state index in [0.29, 0.717) is 0 Å². The fourth-order valence-corrected chi connectivity index (χ4v) is 2.78. The van der Waals surface area contributed by atoms with Crippen molar-refractivity contribution in [3.8, 4) is 0 Å². The molecule has 2 aromatic carbocycles. The largest absolute Gasteiger partial charge is 0.399 e. The average molecular weight is 372 g/mol. The molecule has 2 rings (SSSR count). The molecule has 0 fully saturated rings. The van der Waals surface area contributed by atoms with Crippen molar-refractivity contribution < 1.29 is 0 Å². The van der Waals surface area contributed by atoms with Crippen LogP contribution in [0.25, 0.3) is 0 Å². The van der Waals surface area contributed by atoms with E-state index in [4.69, 9.17) is 11.5 Å². The van der Waals surface area contributed by atoms with Gasteiger partial charge >= 0.3 is 0 Å². The molecule has 0 bridgehead atoms. The molecule has 0 spiro atoms. The highest BCUT2D eigenvalue weighted by molar-refractivity contribution is 9.10. The van der Waals surface area contributed by atoms with Crippen molar-refractivity contribution in [1.82, 2.24) is 0 Å². The standard InChI is InChI=1S/2C7H8BrN/c2*1-5-2-6(8)4-7(9)3-5/h2*2-4H,9H2,1H3. The van der Waals surface area contributed by atoms with Gasteiger partial charge in [-0.05, 0) is 61.4 Å². The van der Waals surface area contributed by atoms with E-state index in [1.54, 1.807) is 0 Å². The van der Waals surface area contributed by atoms with Gasteiger partial charge in [-0.1, -0.05) is 31.9 Å². The highest BCUT2D eigenvalue weighted by Gasteiger charge is 1.90. The van der Waals surface area contributed by atoms with Gasteiger partial charge in [0, 0.05) is 20.3 Å². The third kappa shape index (κ3) is 5.56. The molecule has 96 valence electrons. The molecule has 4 N–H and O–H groups in total. The summed E-state index contributed by atoms with van der Waals surface area (Å²) in [6, 6.07) is 11.7. The highest BCUT2D eigenvalue weighted by atomic mass is 79.9. The summed E-state index contributed by atoms with van der Waals surface area (Å²) >= 11 is 6.67. The summed E-state index contributed by atoms with van der Waals surface area (Å²) in [6.45, 7) is 4.03. The second-order valence-corrected chi connectivity index (χ2v) is 5.96. The lowest BCUT2D eigenvalue weighted by atomic mass is 10.2. The zero-order valence-electron chi connectivity index (χ0n) is 10.4. The van der Waals surface area contributed by atoms with Gasteiger partial charge in [-0.2, -0.15) is 0 Å². The SMILES string of the molecule is Cc1cc(N)cc(Br)c1.Cc1cc(N)cc(Br)c1. The number of rotatable bonds is 0. The summed E-state index contributed by atoms with van der Waals surface area (Å²) in [6.07, 6.45) is 0. The van der Waals surface area contributed by atoms with Gasteiger partial charge in [0.05, 0.1) is 0 Å². The van der Waals surface area contributed by atoms with Crippen LogP contribution in [0.1, 0.15) is 11.1 Å². The molecule has 0 aliphatic heterocycles. The molecule has 0 saturated heterocycles. The van der Waals surface area contributed by atoms with Crippen LogP contribution in [0.4, 0.5) is 11.4 Å². The van der Waals surface area contributed by atoms with E-state index in [0.717, 1.165) is 20.3 Å². The minimum absolute atomic E-state index is 0.807. The van der Waals surface area contributed by atoms with Crippen molar-refractivity contribution in [2.75, 3.05) is 11.5 Å². The summed E-state index contributed by atoms with van der Waals surface area (Å²) in [5, 5.41) is 0. The molecule has 0 unspecified atom stereocenters. The maximum atomic E-state index is 5.53. The molecule has 0 radical (unpaired) electrons. The van der Waals surface area contributed by atoms with Gasteiger partial charge < -0.3 is 11.5 Å². The second-order valence-electron chi connectivity index (χ2n) is 4.12. The third-order valence-corrected chi connectivity index (χ3v) is 3.04. The lowest BCUT2D eigenvalue weighted by Gasteiger charge is -1.95. The third-order valence-electron chi connectivity index (χ3n) is 2.13. The summed E-state index contributed by atoms with van der Waals surface area (Å²) in [7, 11) is 0. The molecule has 0 saturated carbocycles. The Kier molecular flexibility index (Phi) is 5.69. The molecule has 2 nitrogen and oxygen atoms in total. The molecule has 18 heavy (non-hydrogen) atoms. The Labute approximate surface area is 125 Å². The summed E-state index contributed by atoms with van der Waals surface area (Å²) in [5.74, 6) is 0. The number of halogens is 2. The quantitative estimate of drug-likeness (QED) is 0.660. The first-order valence-corrected chi connectivity index (χ1v) is 7.01. The molecule has 2 aromatic rings. The first-order chi connectivity index (χ1) is 8.36. The van der Waals surface area contributed by atoms with Crippen LogP contribution in [0.15, 0.2) is 45.3 Å². The molecular formula is C14H16Br2N2. The van der Waals surface area contributed by atoms with Crippen LogP contribution in [0, 0.1) is 13.8 Å². The number of nitrogens with two attached hydrogens (primary N) is 2. The van der Waals surface area contributed by atoms with E-state index in [-0.39, 0.29) is 0 Å². The molecule has 0 aliphatic rings. The normalized spacial score (nSPS) is 9.56. The molecular weight excluding hydrogens is 356 g/mol. The predicted molar refractivity (Wildman–Crippen MR) is 86.6 cm³/mol. The number of benzene rings is 2. The number of hydrogen-bond acceptors (Lipinski definition) is 2. The minimum Gasteiger partial charge on any atom is -0.399 e. The Balaban J connectivity index is 0.000000180. The Bertz CT molecular complexity index is 389. The first-order valence-electron chi connectivity index (χ1n) is 5.42. The van der Waals surface area contributed by atoms with Crippen molar-refractivity contribution in [2.24, 2.45) is 0 Å². The van der Waals surface area contributed by atoms with E-state index >= 15 is 0 Å². The van der Waals surface area contributed by atoms with Crippen LogP contribution in [0.3, 0.4) is 0 Å². The van der Waals surface area contributed by atoms with Crippen molar-refractivity contribution in [3.05, 3.63) is 56.5 Å². The summed E-state index contributed by atoms with van der Waals surface area (Å²) < 4.78 is 2.08. The molecule has 0 atom stereocenters. The smallest absolute Gasteiger partial charge is 0.0327 e. The minimum atomic E-state index is 0.807. The molecule has 0 amide bonds. The van der Waals surface area contributed by atoms with E-state index in [1.165, 1.54) is 11.1 Å². The molecule has 0 heterocycles. The van der Waals surface area contributed by atoms with Crippen LogP contribution in [0.2, 0.25) is 0 Å². The maximum absolute atomic E-state index is 5.53. The predicted octanol–water partition coefficient (Wildman–Crippen LogP) is 4.68. The average Bonchev–Trinajstić information content (AvgIpc) is 2.12. The van der Waals surface area contributed by atoms with E-state index in [2.05, 4.69) is 31.9 Å². The maximum Gasteiger partial charge on any atom is 0.0327 e.